The summed E-state index contributed by atoms with van der Waals surface area (Å²) in [6.07, 6.45) is 4.06. The van der Waals surface area contributed by atoms with Crippen LogP contribution in [0.25, 0.3) is 0 Å². The Morgan fingerprint density at radius 1 is 0.571 bits per heavy atom. The first-order chi connectivity index (χ1) is 12.4. The normalized spacial score (nSPS) is 14.1. The summed E-state index contributed by atoms with van der Waals surface area (Å²) in [5.41, 5.74) is 2.27. The van der Waals surface area contributed by atoms with E-state index in [2.05, 4.69) is 112 Å². The number of hydrogen-bond acceptors (Lipinski definition) is 4. The van der Waals surface area contributed by atoms with Crippen LogP contribution >= 0.6 is 0 Å². The van der Waals surface area contributed by atoms with Crippen molar-refractivity contribution in [1.82, 2.24) is 8.68 Å². The third kappa shape index (κ3) is 7.80. The quantitative estimate of drug-likeness (QED) is 0.264. The van der Waals surface area contributed by atoms with Crippen LogP contribution in [-0.4, -0.2) is 54.1 Å². The molecule has 0 fully saturated rings. The molecule has 0 radical (unpaired) electrons. The molecule has 0 bridgehead atoms. The van der Waals surface area contributed by atoms with Gasteiger partial charge in [0.25, 0.3) is 0 Å². The van der Waals surface area contributed by atoms with Gasteiger partial charge in [-0.25, -0.2) is 10.2 Å². The number of benzene rings is 1. The van der Waals surface area contributed by atoms with Crippen LogP contribution < -0.4 is 0 Å². The van der Waals surface area contributed by atoms with E-state index < -0.39 is 32.9 Å². The van der Waals surface area contributed by atoms with Crippen LogP contribution in [0, 0.1) is 0 Å². The van der Waals surface area contributed by atoms with Crippen molar-refractivity contribution >= 4 is 45.4 Å². The van der Waals surface area contributed by atoms with Gasteiger partial charge >= 0.3 is 0 Å². The maximum Gasteiger partial charge on any atom is 0.158 e. The van der Waals surface area contributed by atoms with Crippen molar-refractivity contribution < 1.29 is 0 Å². The molecule has 0 heterocycles. The van der Waals surface area contributed by atoms with Gasteiger partial charge in [0.05, 0.1) is 12.4 Å². The van der Waals surface area contributed by atoms with Gasteiger partial charge in [0.2, 0.25) is 0 Å². The number of hydrogen-bond donors (Lipinski definition) is 0. The van der Waals surface area contributed by atoms with E-state index in [-0.39, 0.29) is 0 Å². The number of rotatable bonds is 8. The minimum atomic E-state index is -1.49. The van der Waals surface area contributed by atoms with E-state index in [1.165, 1.54) is 0 Å². The molecule has 28 heavy (non-hydrogen) atoms. The van der Waals surface area contributed by atoms with Gasteiger partial charge in [-0.2, -0.15) is 0 Å². The second-order valence-corrected chi connectivity index (χ2v) is 31.4. The summed E-state index contributed by atoms with van der Waals surface area (Å²) in [6, 6.07) is 8.54. The van der Waals surface area contributed by atoms with E-state index >= 15 is 0 Å². The first-order valence-electron chi connectivity index (χ1n) is 10.2. The van der Waals surface area contributed by atoms with Gasteiger partial charge in [-0.1, -0.05) is 96.8 Å². The highest BCUT2D eigenvalue weighted by molar-refractivity contribution is 6.90. The molecule has 0 aromatic heterocycles. The lowest BCUT2D eigenvalue weighted by atomic mass is 10.1. The zero-order chi connectivity index (χ0) is 22.0. The monoisotopic (exact) mass is 450 g/mol. The summed E-state index contributed by atoms with van der Waals surface area (Å²) in [4.78, 5) is 0. The van der Waals surface area contributed by atoms with Crippen molar-refractivity contribution in [3.8, 4) is 0 Å². The Kier molecular flexibility index (Phi) is 7.88. The Labute approximate surface area is 178 Å². The van der Waals surface area contributed by atoms with Crippen molar-refractivity contribution in [2.24, 2.45) is 10.2 Å². The summed E-state index contributed by atoms with van der Waals surface area (Å²) in [7, 11) is -5.95. The van der Waals surface area contributed by atoms with Gasteiger partial charge in [-0.05, 0) is 17.2 Å². The molecule has 158 valence electrons. The number of nitrogens with zero attached hydrogens (tertiary/aromatic N) is 4. The van der Waals surface area contributed by atoms with E-state index in [0.29, 0.717) is 0 Å². The van der Waals surface area contributed by atoms with Crippen molar-refractivity contribution in [3.63, 3.8) is 0 Å². The van der Waals surface area contributed by atoms with Gasteiger partial charge in [0.15, 0.2) is 32.9 Å². The van der Waals surface area contributed by atoms with Gasteiger partial charge in [-0.15, -0.1) is 0 Å². The van der Waals surface area contributed by atoms with Crippen LogP contribution in [0.1, 0.15) is 11.1 Å². The van der Waals surface area contributed by atoms with Crippen LogP contribution in [0.2, 0.25) is 78.6 Å². The largest absolute Gasteiger partial charge is 0.350 e. The van der Waals surface area contributed by atoms with Crippen molar-refractivity contribution in [1.29, 1.82) is 0 Å². The fourth-order valence-electron chi connectivity index (χ4n) is 3.67. The minimum Gasteiger partial charge on any atom is -0.350 e. The Morgan fingerprint density at radius 3 is 1.11 bits per heavy atom. The molecule has 0 spiro atoms. The van der Waals surface area contributed by atoms with Gasteiger partial charge in [0.1, 0.15) is 0 Å². The molecule has 1 aromatic carbocycles. The van der Waals surface area contributed by atoms with Crippen molar-refractivity contribution in [2.45, 2.75) is 78.6 Å². The average Bonchev–Trinajstić information content (AvgIpc) is 2.42. The van der Waals surface area contributed by atoms with Gasteiger partial charge < -0.3 is 8.68 Å². The van der Waals surface area contributed by atoms with Gasteiger partial charge in [-0.3, -0.25) is 0 Å². The van der Waals surface area contributed by atoms with Crippen LogP contribution in [0.4, 0.5) is 0 Å². The Morgan fingerprint density at radius 2 is 0.857 bits per heavy atom. The molecule has 8 heteroatoms. The first kappa shape index (κ1) is 25.1. The molecule has 0 saturated heterocycles. The molecule has 0 atom stereocenters. The molecular formula is C20H42N4Si4. The predicted octanol–water partition coefficient (Wildman–Crippen LogP) is 6.30. The summed E-state index contributed by atoms with van der Waals surface area (Å²) in [5.74, 6) is 0. The fraction of sp³-hybridized carbons (Fsp3) is 0.600. The maximum absolute atomic E-state index is 4.94. The number of hydrazone groups is 2. The Balaban J connectivity index is 3.13. The molecule has 0 saturated carbocycles. The molecule has 0 aliphatic rings. The predicted molar refractivity (Wildman–Crippen MR) is 139 cm³/mol. The maximum atomic E-state index is 4.94. The van der Waals surface area contributed by atoms with E-state index in [1.54, 1.807) is 0 Å². The van der Waals surface area contributed by atoms with Crippen LogP contribution in [0.5, 0.6) is 0 Å². The second kappa shape index (κ2) is 8.81. The highest BCUT2D eigenvalue weighted by atomic mass is 28.4. The van der Waals surface area contributed by atoms with E-state index in [0.717, 1.165) is 11.1 Å². The molecule has 4 nitrogen and oxygen atoms in total. The average molecular weight is 451 g/mol. The van der Waals surface area contributed by atoms with Crippen LogP contribution in [-0.2, 0) is 0 Å². The van der Waals surface area contributed by atoms with Crippen LogP contribution in [0.3, 0.4) is 0 Å². The van der Waals surface area contributed by atoms with Crippen molar-refractivity contribution in [3.05, 3.63) is 35.4 Å². The summed E-state index contributed by atoms with van der Waals surface area (Å²) in [6.45, 7) is 28.4. The molecule has 1 rings (SSSR count). The molecule has 0 N–H and O–H groups in total. The highest BCUT2D eigenvalue weighted by Crippen LogP contribution is 2.21. The fourth-order valence-corrected chi connectivity index (χ4v) is 21.4. The third-order valence-electron chi connectivity index (χ3n) is 4.10. The SMILES string of the molecule is C[Si](C)(C)N(N=Cc1cccc(C=NN([Si](C)(C)C)[Si](C)(C)C)c1)[Si](C)(C)C. The molecule has 1 aromatic rings. The van der Waals surface area contributed by atoms with Gasteiger partial charge in [0, 0.05) is 0 Å². The smallest absolute Gasteiger partial charge is 0.158 e. The zero-order valence-corrected chi connectivity index (χ0v) is 24.3. The summed E-state index contributed by atoms with van der Waals surface area (Å²) < 4.78 is 4.89. The molecule has 0 unspecified atom stereocenters. The summed E-state index contributed by atoms with van der Waals surface area (Å²) in [5, 5.41) is 9.88. The van der Waals surface area contributed by atoms with Crippen molar-refractivity contribution in [2.75, 3.05) is 0 Å². The standard InChI is InChI=1S/C20H42N4Si4/c1-25(2,3)23(26(4,5)6)21-17-19-14-13-15-20(16-19)18-22-24(27(7,8)9)28(10,11)12/h13-18H,1-12H3. The lowest BCUT2D eigenvalue weighted by molar-refractivity contribution is 0.671. The minimum absolute atomic E-state index is 1.14. The highest BCUT2D eigenvalue weighted by Gasteiger charge is 2.34. The topological polar surface area (TPSA) is 31.2 Å². The molecule has 0 amide bonds. The molecular weight excluding hydrogens is 409 g/mol. The third-order valence-corrected chi connectivity index (χ3v) is 17.7. The van der Waals surface area contributed by atoms with E-state index in [9.17, 15) is 0 Å². The Bertz CT molecular complexity index is 619. The Hall–Kier alpha value is -0.972. The lowest BCUT2D eigenvalue weighted by Crippen LogP contribution is -2.55. The lowest BCUT2D eigenvalue weighted by Gasteiger charge is -2.41. The first-order valence-corrected chi connectivity index (χ1v) is 24.0. The molecule has 0 aliphatic heterocycles. The second-order valence-electron chi connectivity index (χ2n) is 11.5. The van der Waals surface area contributed by atoms with Crippen LogP contribution in [0.15, 0.2) is 34.5 Å². The van der Waals surface area contributed by atoms with E-state index in [1.807, 2.05) is 12.4 Å². The summed E-state index contributed by atoms with van der Waals surface area (Å²) >= 11 is 0. The molecule has 0 aliphatic carbocycles. The zero-order valence-electron chi connectivity index (χ0n) is 20.3. The van der Waals surface area contributed by atoms with E-state index in [4.69, 9.17) is 10.2 Å².